The summed E-state index contributed by atoms with van der Waals surface area (Å²) in [5, 5.41) is 0.657. The van der Waals surface area contributed by atoms with Crippen molar-refractivity contribution in [2.24, 2.45) is 0 Å². The summed E-state index contributed by atoms with van der Waals surface area (Å²) >= 11 is 1.98. The lowest BCUT2D eigenvalue weighted by Gasteiger charge is -2.31. The van der Waals surface area contributed by atoms with E-state index in [-0.39, 0.29) is 0 Å². The number of rotatable bonds is 5. The van der Waals surface area contributed by atoms with Crippen LogP contribution in [-0.2, 0) is 6.42 Å². The highest BCUT2D eigenvalue weighted by molar-refractivity contribution is 8.00. The Morgan fingerprint density at radius 1 is 1.08 bits per heavy atom. The molecular weight excluding hydrogens is 324 g/mol. The van der Waals surface area contributed by atoms with Crippen molar-refractivity contribution >= 4 is 11.8 Å². The third-order valence-electron chi connectivity index (χ3n) is 4.63. The summed E-state index contributed by atoms with van der Waals surface area (Å²) < 4.78 is 26.6. The molecule has 2 aromatic carbocycles. The van der Waals surface area contributed by atoms with E-state index in [2.05, 4.69) is 36.1 Å². The van der Waals surface area contributed by atoms with Gasteiger partial charge in [-0.15, -0.1) is 11.8 Å². The minimum atomic E-state index is -0.509. The summed E-state index contributed by atoms with van der Waals surface area (Å²) in [4.78, 5) is 3.77. The van der Waals surface area contributed by atoms with Crippen LogP contribution in [0.1, 0.15) is 24.0 Å². The van der Waals surface area contributed by atoms with Crippen molar-refractivity contribution in [3.05, 3.63) is 65.2 Å². The smallest absolute Gasteiger partial charge is 0.129 e. The summed E-state index contributed by atoms with van der Waals surface area (Å²) in [6.45, 7) is 5.09. The van der Waals surface area contributed by atoms with Crippen molar-refractivity contribution in [2.75, 3.05) is 19.6 Å². The van der Waals surface area contributed by atoms with E-state index < -0.39 is 11.6 Å². The van der Waals surface area contributed by atoms with E-state index in [1.807, 2.05) is 11.8 Å². The summed E-state index contributed by atoms with van der Waals surface area (Å²) in [5.74, 6) is -0.940. The van der Waals surface area contributed by atoms with Gasteiger partial charge in [0.25, 0.3) is 0 Å². The van der Waals surface area contributed by atoms with E-state index in [4.69, 9.17) is 0 Å². The standard InChI is InChI=1S/C20H23F2NS/c1-15-4-2-3-5-20(15)24-18-9-12-23(13-10-18)11-8-16-6-7-17(21)14-19(16)22/h2-7,14,18H,8-13H2,1H3. The first kappa shape index (κ1) is 17.4. The molecule has 1 fully saturated rings. The second-order valence-electron chi connectivity index (χ2n) is 6.41. The fourth-order valence-electron chi connectivity index (χ4n) is 3.12. The second kappa shape index (κ2) is 8.13. The highest BCUT2D eigenvalue weighted by atomic mass is 32.2. The Hall–Kier alpha value is -1.39. The zero-order valence-corrected chi connectivity index (χ0v) is 14.8. The minimum absolute atomic E-state index is 0.431. The predicted molar refractivity (Wildman–Crippen MR) is 96.6 cm³/mol. The van der Waals surface area contributed by atoms with Gasteiger partial charge in [-0.1, -0.05) is 24.3 Å². The highest BCUT2D eigenvalue weighted by Gasteiger charge is 2.20. The van der Waals surface area contributed by atoms with Crippen molar-refractivity contribution in [2.45, 2.75) is 36.3 Å². The molecule has 0 amide bonds. The minimum Gasteiger partial charge on any atom is -0.303 e. The Balaban J connectivity index is 1.46. The summed E-state index contributed by atoms with van der Waals surface area (Å²) in [6, 6.07) is 12.4. The van der Waals surface area contributed by atoms with Crippen LogP contribution >= 0.6 is 11.8 Å². The summed E-state index contributed by atoms with van der Waals surface area (Å²) in [5.41, 5.74) is 1.95. The molecule has 0 atom stereocenters. The Bertz CT molecular complexity index is 681. The monoisotopic (exact) mass is 347 g/mol. The predicted octanol–water partition coefficient (Wildman–Crippen LogP) is 5.07. The number of aryl methyl sites for hydroxylation is 1. The fourth-order valence-corrected chi connectivity index (χ4v) is 4.34. The van der Waals surface area contributed by atoms with Gasteiger partial charge in [0.05, 0.1) is 0 Å². The lowest BCUT2D eigenvalue weighted by molar-refractivity contribution is 0.235. The van der Waals surface area contributed by atoms with Crippen molar-refractivity contribution in [1.82, 2.24) is 4.90 Å². The molecule has 2 aromatic rings. The van der Waals surface area contributed by atoms with E-state index in [9.17, 15) is 8.78 Å². The molecular formula is C20H23F2NS. The lowest BCUT2D eigenvalue weighted by Crippen LogP contribution is -2.36. The number of halogens is 2. The van der Waals surface area contributed by atoms with Crippen LogP contribution in [0.2, 0.25) is 0 Å². The zero-order chi connectivity index (χ0) is 16.9. The molecule has 3 rings (SSSR count). The molecule has 4 heteroatoms. The Morgan fingerprint density at radius 2 is 1.83 bits per heavy atom. The van der Waals surface area contributed by atoms with Gasteiger partial charge in [-0.3, -0.25) is 0 Å². The molecule has 24 heavy (non-hydrogen) atoms. The van der Waals surface area contributed by atoms with Crippen LogP contribution in [0.5, 0.6) is 0 Å². The summed E-state index contributed by atoms with van der Waals surface area (Å²) in [7, 11) is 0. The normalized spacial score (nSPS) is 16.5. The topological polar surface area (TPSA) is 3.24 Å². The van der Waals surface area contributed by atoms with Gasteiger partial charge < -0.3 is 4.90 Å². The lowest BCUT2D eigenvalue weighted by atomic mass is 10.1. The van der Waals surface area contributed by atoms with E-state index in [1.54, 1.807) is 6.07 Å². The number of nitrogens with zero attached hydrogens (tertiary/aromatic N) is 1. The van der Waals surface area contributed by atoms with Crippen LogP contribution < -0.4 is 0 Å². The van der Waals surface area contributed by atoms with E-state index in [0.717, 1.165) is 38.5 Å². The maximum Gasteiger partial charge on any atom is 0.129 e. The number of hydrogen-bond donors (Lipinski definition) is 0. The number of piperidine rings is 1. The SMILES string of the molecule is Cc1ccccc1SC1CCN(CCc2ccc(F)cc2F)CC1. The van der Waals surface area contributed by atoms with Crippen molar-refractivity contribution in [3.63, 3.8) is 0 Å². The fraction of sp³-hybridized carbons (Fsp3) is 0.400. The van der Waals surface area contributed by atoms with Crippen LogP contribution in [-0.4, -0.2) is 29.8 Å². The van der Waals surface area contributed by atoms with Gasteiger partial charge >= 0.3 is 0 Å². The maximum absolute atomic E-state index is 13.7. The Morgan fingerprint density at radius 3 is 2.54 bits per heavy atom. The molecule has 0 saturated carbocycles. The van der Waals surface area contributed by atoms with Crippen molar-refractivity contribution in [1.29, 1.82) is 0 Å². The quantitative estimate of drug-likeness (QED) is 0.743. The second-order valence-corrected chi connectivity index (χ2v) is 7.75. The van der Waals surface area contributed by atoms with Gasteiger partial charge in [0.2, 0.25) is 0 Å². The van der Waals surface area contributed by atoms with E-state index in [1.165, 1.54) is 16.5 Å². The van der Waals surface area contributed by atoms with Gasteiger partial charge in [0.1, 0.15) is 11.6 Å². The van der Waals surface area contributed by atoms with Gasteiger partial charge in [-0.2, -0.15) is 0 Å². The van der Waals surface area contributed by atoms with Gasteiger partial charge in [-0.05, 0) is 62.5 Å². The van der Waals surface area contributed by atoms with Gasteiger partial charge in [0.15, 0.2) is 0 Å². The van der Waals surface area contributed by atoms with Crippen LogP contribution in [0.4, 0.5) is 8.78 Å². The highest BCUT2D eigenvalue weighted by Crippen LogP contribution is 2.32. The third-order valence-corrected chi connectivity index (χ3v) is 6.15. The van der Waals surface area contributed by atoms with Crippen LogP contribution in [0, 0.1) is 18.6 Å². The van der Waals surface area contributed by atoms with Crippen LogP contribution in [0.15, 0.2) is 47.4 Å². The van der Waals surface area contributed by atoms with E-state index >= 15 is 0 Å². The van der Waals surface area contributed by atoms with Crippen molar-refractivity contribution in [3.8, 4) is 0 Å². The number of thioether (sulfide) groups is 1. The molecule has 1 aliphatic rings. The first-order valence-electron chi connectivity index (χ1n) is 8.50. The van der Waals surface area contributed by atoms with Gasteiger partial charge in [-0.25, -0.2) is 8.78 Å². The molecule has 0 N–H and O–H groups in total. The number of likely N-dealkylation sites (tertiary alicyclic amines) is 1. The molecule has 0 spiro atoms. The molecule has 0 aromatic heterocycles. The first-order valence-corrected chi connectivity index (χ1v) is 9.38. The largest absolute Gasteiger partial charge is 0.303 e. The van der Waals surface area contributed by atoms with E-state index in [0.29, 0.717) is 17.2 Å². The van der Waals surface area contributed by atoms with Crippen LogP contribution in [0.3, 0.4) is 0 Å². The molecule has 1 aliphatic heterocycles. The average molecular weight is 347 g/mol. The average Bonchev–Trinajstić information content (AvgIpc) is 2.57. The van der Waals surface area contributed by atoms with Crippen molar-refractivity contribution < 1.29 is 8.78 Å². The maximum atomic E-state index is 13.7. The summed E-state index contributed by atoms with van der Waals surface area (Å²) in [6.07, 6.45) is 2.96. The molecule has 128 valence electrons. The molecule has 0 unspecified atom stereocenters. The van der Waals surface area contributed by atoms with Crippen LogP contribution in [0.25, 0.3) is 0 Å². The zero-order valence-electron chi connectivity index (χ0n) is 14.0. The number of hydrogen-bond acceptors (Lipinski definition) is 2. The molecule has 0 radical (unpaired) electrons. The molecule has 0 bridgehead atoms. The Labute approximate surface area is 147 Å². The third kappa shape index (κ3) is 4.58. The molecule has 1 saturated heterocycles. The first-order chi connectivity index (χ1) is 11.6. The molecule has 1 heterocycles. The Kier molecular flexibility index (Phi) is 5.90. The molecule has 0 aliphatic carbocycles. The number of benzene rings is 2. The molecule has 1 nitrogen and oxygen atoms in total. The van der Waals surface area contributed by atoms with Gasteiger partial charge in [0, 0.05) is 22.8 Å².